The van der Waals surface area contributed by atoms with Crippen molar-refractivity contribution in [3.63, 3.8) is 0 Å². The number of carbonyl (C=O) groups is 1. The van der Waals surface area contributed by atoms with Crippen LogP contribution in [0.5, 0.6) is 0 Å². The Kier molecular flexibility index (Phi) is 4.85. The number of amides is 1. The Balaban J connectivity index is 1.97. The number of hydrogen-bond acceptors (Lipinski definition) is 2. The SMILES string of the molecule is O=C(CNc1c(F)cc(F)cc1Br)Nc1ccc(F)cc1. The topological polar surface area (TPSA) is 41.1 Å². The molecule has 0 spiro atoms. The Bertz CT molecular complexity index is 639. The van der Waals surface area contributed by atoms with Crippen LogP contribution >= 0.6 is 15.9 Å². The molecule has 1 amide bonds. The molecule has 2 aromatic carbocycles. The fourth-order valence-electron chi connectivity index (χ4n) is 1.62. The van der Waals surface area contributed by atoms with Gasteiger partial charge in [-0.3, -0.25) is 4.79 Å². The van der Waals surface area contributed by atoms with Crippen LogP contribution in [-0.2, 0) is 4.79 Å². The van der Waals surface area contributed by atoms with Crippen LogP contribution in [0.4, 0.5) is 24.5 Å². The van der Waals surface area contributed by atoms with Gasteiger partial charge in [0.15, 0.2) is 0 Å². The molecule has 0 saturated heterocycles. The lowest BCUT2D eigenvalue weighted by Crippen LogP contribution is -2.22. The summed E-state index contributed by atoms with van der Waals surface area (Å²) in [6.07, 6.45) is 0. The van der Waals surface area contributed by atoms with E-state index in [1.165, 1.54) is 24.3 Å². The van der Waals surface area contributed by atoms with E-state index in [1.54, 1.807) is 0 Å². The average Bonchev–Trinajstić information content (AvgIpc) is 2.40. The molecule has 7 heteroatoms. The van der Waals surface area contributed by atoms with E-state index in [-0.39, 0.29) is 16.7 Å². The first kappa shape index (κ1) is 15.4. The quantitative estimate of drug-likeness (QED) is 0.869. The molecule has 0 bridgehead atoms. The second-order valence-electron chi connectivity index (χ2n) is 4.15. The van der Waals surface area contributed by atoms with E-state index in [0.717, 1.165) is 6.07 Å². The summed E-state index contributed by atoms with van der Waals surface area (Å²) < 4.78 is 39.3. The molecule has 2 rings (SSSR count). The molecule has 0 unspecified atom stereocenters. The van der Waals surface area contributed by atoms with Crippen molar-refractivity contribution in [2.24, 2.45) is 0 Å². The molecule has 21 heavy (non-hydrogen) atoms. The van der Waals surface area contributed by atoms with Gasteiger partial charge in [0.05, 0.1) is 12.2 Å². The molecule has 3 nitrogen and oxygen atoms in total. The van der Waals surface area contributed by atoms with Crippen LogP contribution in [0.2, 0.25) is 0 Å². The zero-order valence-corrected chi connectivity index (χ0v) is 12.2. The lowest BCUT2D eigenvalue weighted by Gasteiger charge is -2.10. The van der Waals surface area contributed by atoms with E-state index in [9.17, 15) is 18.0 Å². The van der Waals surface area contributed by atoms with Gasteiger partial charge < -0.3 is 10.6 Å². The van der Waals surface area contributed by atoms with Gasteiger partial charge in [-0.25, -0.2) is 13.2 Å². The smallest absolute Gasteiger partial charge is 0.243 e. The summed E-state index contributed by atoms with van der Waals surface area (Å²) in [4.78, 5) is 11.7. The van der Waals surface area contributed by atoms with Crippen molar-refractivity contribution in [2.75, 3.05) is 17.2 Å². The molecule has 0 atom stereocenters. The monoisotopic (exact) mass is 358 g/mol. The summed E-state index contributed by atoms with van der Waals surface area (Å²) in [5.74, 6) is -2.39. The fourth-order valence-corrected chi connectivity index (χ4v) is 2.17. The fraction of sp³-hybridized carbons (Fsp3) is 0.0714. The Morgan fingerprint density at radius 1 is 1.05 bits per heavy atom. The number of hydrogen-bond donors (Lipinski definition) is 2. The number of anilines is 2. The predicted octanol–water partition coefficient (Wildman–Crippen LogP) is 3.92. The standard InChI is InChI=1S/C14H10BrF3N2O/c15-11-5-9(17)6-12(18)14(11)19-7-13(21)20-10-3-1-8(16)2-4-10/h1-6,19H,7H2,(H,20,21). The molecule has 110 valence electrons. The van der Waals surface area contributed by atoms with Crippen molar-refractivity contribution < 1.29 is 18.0 Å². The van der Waals surface area contributed by atoms with Crippen molar-refractivity contribution in [1.29, 1.82) is 0 Å². The van der Waals surface area contributed by atoms with E-state index in [2.05, 4.69) is 26.6 Å². The molecular formula is C14H10BrF3N2O. The summed E-state index contributed by atoms with van der Waals surface area (Å²) in [5, 5.41) is 5.07. The molecular weight excluding hydrogens is 349 g/mol. The zero-order valence-electron chi connectivity index (χ0n) is 10.6. The highest BCUT2D eigenvalue weighted by Crippen LogP contribution is 2.26. The minimum absolute atomic E-state index is 0.00865. The number of halogens is 4. The summed E-state index contributed by atoms with van der Waals surface area (Å²) in [6, 6.07) is 7.02. The molecule has 0 fully saturated rings. The Morgan fingerprint density at radius 2 is 1.71 bits per heavy atom. The van der Waals surface area contributed by atoms with E-state index >= 15 is 0 Å². The predicted molar refractivity (Wildman–Crippen MR) is 77.6 cm³/mol. The van der Waals surface area contributed by atoms with Gasteiger partial charge in [0, 0.05) is 16.2 Å². The molecule has 2 N–H and O–H groups in total. The largest absolute Gasteiger partial charge is 0.373 e. The minimum atomic E-state index is -0.809. The molecule has 2 aromatic rings. The summed E-state index contributed by atoms with van der Waals surface area (Å²) >= 11 is 3.01. The maximum Gasteiger partial charge on any atom is 0.243 e. The van der Waals surface area contributed by atoms with Crippen molar-refractivity contribution >= 4 is 33.2 Å². The first-order chi connectivity index (χ1) is 9.95. The highest BCUT2D eigenvalue weighted by molar-refractivity contribution is 9.10. The summed E-state index contributed by atoms with van der Waals surface area (Å²) in [6.45, 7) is -0.224. The van der Waals surface area contributed by atoms with Crippen LogP contribution < -0.4 is 10.6 Å². The Hall–Kier alpha value is -2.02. The van der Waals surface area contributed by atoms with Gasteiger partial charge in [-0.2, -0.15) is 0 Å². The molecule has 0 aliphatic rings. The van der Waals surface area contributed by atoms with Crippen LogP contribution in [0.25, 0.3) is 0 Å². The minimum Gasteiger partial charge on any atom is -0.373 e. The van der Waals surface area contributed by atoms with Crippen LogP contribution in [0.1, 0.15) is 0 Å². The Labute approximate surface area is 127 Å². The van der Waals surface area contributed by atoms with E-state index < -0.39 is 23.4 Å². The van der Waals surface area contributed by atoms with E-state index in [0.29, 0.717) is 11.8 Å². The second kappa shape index (κ2) is 6.62. The van der Waals surface area contributed by atoms with Crippen molar-refractivity contribution in [3.8, 4) is 0 Å². The second-order valence-corrected chi connectivity index (χ2v) is 5.01. The van der Waals surface area contributed by atoms with Gasteiger partial charge in [-0.05, 0) is 46.3 Å². The molecule has 0 radical (unpaired) electrons. The third-order valence-corrected chi connectivity index (χ3v) is 3.19. The van der Waals surface area contributed by atoms with Crippen molar-refractivity contribution in [3.05, 3.63) is 58.3 Å². The Morgan fingerprint density at radius 3 is 2.33 bits per heavy atom. The van der Waals surface area contributed by atoms with Crippen LogP contribution in [-0.4, -0.2) is 12.5 Å². The normalized spacial score (nSPS) is 10.3. The molecule has 0 aliphatic heterocycles. The molecule has 0 saturated carbocycles. The summed E-state index contributed by atoms with van der Waals surface area (Å²) in [5.41, 5.74) is 0.410. The van der Waals surface area contributed by atoms with Gasteiger partial charge >= 0.3 is 0 Å². The van der Waals surface area contributed by atoms with Gasteiger partial charge in [-0.15, -0.1) is 0 Å². The maximum absolute atomic E-state index is 13.5. The number of nitrogens with one attached hydrogen (secondary N) is 2. The van der Waals surface area contributed by atoms with Crippen LogP contribution in [0.15, 0.2) is 40.9 Å². The van der Waals surface area contributed by atoms with Crippen molar-refractivity contribution in [2.45, 2.75) is 0 Å². The first-order valence-corrected chi connectivity index (χ1v) is 6.69. The van der Waals surface area contributed by atoms with E-state index in [4.69, 9.17) is 0 Å². The highest BCUT2D eigenvalue weighted by Gasteiger charge is 2.11. The number of rotatable bonds is 4. The summed E-state index contributed by atoms with van der Waals surface area (Å²) in [7, 11) is 0. The lowest BCUT2D eigenvalue weighted by molar-refractivity contribution is -0.114. The van der Waals surface area contributed by atoms with Gasteiger partial charge in [0.25, 0.3) is 0 Å². The third kappa shape index (κ3) is 4.22. The van der Waals surface area contributed by atoms with Crippen molar-refractivity contribution in [1.82, 2.24) is 0 Å². The lowest BCUT2D eigenvalue weighted by atomic mass is 10.3. The maximum atomic E-state index is 13.5. The van der Waals surface area contributed by atoms with Gasteiger partial charge in [0.2, 0.25) is 5.91 Å². The van der Waals surface area contributed by atoms with Crippen LogP contribution in [0, 0.1) is 17.5 Å². The van der Waals surface area contributed by atoms with Gasteiger partial charge in [-0.1, -0.05) is 0 Å². The van der Waals surface area contributed by atoms with Gasteiger partial charge in [0.1, 0.15) is 17.5 Å². The zero-order chi connectivity index (χ0) is 15.4. The third-order valence-electron chi connectivity index (χ3n) is 2.56. The average molecular weight is 359 g/mol. The molecule has 0 aromatic heterocycles. The highest BCUT2D eigenvalue weighted by atomic mass is 79.9. The number of carbonyl (C=O) groups excluding carboxylic acids is 1. The molecule has 0 aliphatic carbocycles. The first-order valence-electron chi connectivity index (χ1n) is 5.89. The van der Waals surface area contributed by atoms with E-state index in [1.807, 2.05) is 0 Å². The van der Waals surface area contributed by atoms with Crippen LogP contribution in [0.3, 0.4) is 0 Å². The number of benzene rings is 2. The molecule has 0 heterocycles.